The highest BCUT2D eigenvalue weighted by atomic mass is 16.5. The van der Waals surface area contributed by atoms with Crippen LogP contribution in [0.25, 0.3) is 0 Å². The summed E-state index contributed by atoms with van der Waals surface area (Å²) in [5, 5.41) is 2.62. The van der Waals surface area contributed by atoms with Crippen LogP contribution in [0.1, 0.15) is 17.3 Å². The first-order valence-electron chi connectivity index (χ1n) is 9.62. The molecule has 0 heterocycles. The molecule has 2 aromatic rings. The van der Waals surface area contributed by atoms with E-state index in [-0.39, 0.29) is 30.2 Å². The number of esters is 1. The molecule has 1 amide bonds. The fourth-order valence-corrected chi connectivity index (χ4v) is 2.68. The molecule has 0 aliphatic heterocycles. The van der Waals surface area contributed by atoms with Gasteiger partial charge in [-0.1, -0.05) is 0 Å². The van der Waals surface area contributed by atoms with E-state index in [1.807, 2.05) is 6.92 Å². The van der Waals surface area contributed by atoms with Crippen molar-refractivity contribution in [2.45, 2.75) is 6.92 Å². The van der Waals surface area contributed by atoms with E-state index in [0.717, 1.165) is 5.75 Å². The minimum absolute atomic E-state index is 0.117. The molecule has 0 saturated heterocycles. The van der Waals surface area contributed by atoms with Gasteiger partial charge in [0.05, 0.1) is 34.5 Å². The summed E-state index contributed by atoms with van der Waals surface area (Å²) in [5.74, 6) is 1.06. The number of ether oxygens (including phenoxy) is 6. The second-order valence-corrected chi connectivity index (χ2v) is 6.06. The molecule has 0 atom stereocenters. The van der Waals surface area contributed by atoms with E-state index >= 15 is 0 Å². The number of carbonyl (C=O) groups excluding carboxylic acids is 2. The summed E-state index contributed by atoms with van der Waals surface area (Å²) in [6, 6.07) is 10.2. The molecule has 1 N–H and O–H groups in total. The van der Waals surface area contributed by atoms with Gasteiger partial charge in [-0.15, -0.1) is 0 Å². The van der Waals surface area contributed by atoms with Crippen LogP contribution in [0.15, 0.2) is 36.4 Å². The molecule has 0 aliphatic carbocycles. The maximum absolute atomic E-state index is 12.4. The third-order valence-electron chi connectivity index (χ3n) is 4.09. The standard InChI is InChI=1S/C22H27NO8/c1-5-29-15-6-8-16(9-7-15)30-13-12-23-19(24)14-31-22(25)17-10-11-18(26-2)21(28-4)20(17)27-3/h6-11H,5,12-14H2,1-4H3,(H,23,24). The molecule has 0 unspecified atom stereocenters. The Morgan fingerprint density at radius 1 is 0.839 bits per heavy atom. The average Bonchev–Trinajstić information content (AvgIpc) is 2.80. The summed E-state index contributed by atoms with van der Waals surface area (Å²) in [6.07, 6.45) is 0. The van der Waals surface area contributed by atoms with Crippen molar-refractivity contribution >= 4 is 11.9 Å². The van der Waals surface area contributed by atoms with E-state index in [9.17, 15) is 9.59 Å². The number of benzene rings is 2. The maximum atomic E-state index is 12.4. The van der Waals surface area contributed by atoms with Gasteiger partial charge >= 0.3 is 5.97 Å². The van der Waals surface area contributed by atoms with E-state index < -0.39 is 18.5 Å². The van der Waals surface area contributed by atoms with Gasteiger partial charge in [-0.25, -0.2) is 4.79 Å². The Balaban J connectivity index is 1.79. The molecule has 0 radical (unpaired) electrons. The van der Waals surface area contributed by atoms with Gasteiger partial charge in [0, 0.05) is 0 Å². The molecule has 9 nitrogen and oxygen atoms in total. The van der Waals surface area contributed by atoms with Crippen LogP contribution >= 0.6 is 0 Å². The van der Waals surface area contributed by atoms with E-state index in [2.05, 4.69) is 5.32 Å². The highest BCUT2D eigenvalue weighted by molar-refractivity contribution is 5.95. The van der Waals surface area contributed by atoms with Crippen LogP contribution in [0.4, 0.5) is 0 Å². The van der Waals surface area contributed by atoms with Gasteiger partial charge in [-0.3, -0.25) is 4.79 Å². The molecule has 0 aromatic heterocycles. The van der Waals surface area contributed by atoms with Crippen molar-refractivity contribution in [2.24, 2.45) is 0 Å². The lowest BCUT2D eigenvalue weighted by atomic mass is 10.1. The number of amides is 1. The monoisotopic (exact) mass is 433 g/mol. The number of hydrogen-bond acceptors (Lipinski definition) is 8. The zero-order valence-electron chi connectivity index (χ0n) is 18.1. The summed E-state index contributed by atoms with van der Waals surface area (Å²) in [4.78, 5) is 24.3. The normalized spacial score (nSPS) is 10.1. The molecule has 0 spiro atoms. The first-order chi connectivity index (χ1) is 15.0. The van der Waals surface area contributed by atoms with E-state index in [1.54, 1.807) is 30.3 Å². The van der Waals surface area contributed by atoms with Crippen molar-refractivity contribution < 1.29 is 38.0 Å². The predicted molar refractivity (Wildman–Crippen MR) is 112 cm³/mol. The molecule has 2 rings (SSSR count). The van der Waals surface area contributed by atoms with Crippen molar-refractivity contribution in [3.63, 3.8) is 0 Å². The Morgan fingerprint density at radius 3 is 2.06 bits per heavy atom. The molecule has 9 heteroatoms. The summed E-state index contributed by atoms with van der Waals surface area (Å²) in [6.45, 7) is 2.57. The van der Waals surface area contributed by atoms with Crippen LogP contribution in [-0.2, 0) is 9.53 Å². The Labute approximate surface area is 181 Å². The van der Waals surface area contributed by atoms with Crippen LogP contribution in [0.2, 0.25) is 0 Å². The predicted octanol–water partition coefficient (Wildman–Crippen LogP) is 2.46. The zero-order chi connectivity index (χ0) is 22.6. The Morgan fingerprint density at radius 2 is 1.48 bits per heavy atom. The Hall–Kier alpha value is -3.62. The van der Waals surface area contributed by atoms with Crippen LogP contribution in [0.5, 0.6) is 28.7 Å². The largest absolute Gasteiger partial charge is 0.494 e. The molecule has 31 heavy (non-hydrogen) atoms. The van der Waals surface area contributed by atoms with Crippen LogP contribution in [0.3, 0.4) is 0 Å². The summed E-state index contributed by atoms with van der Waals surface area (Å²) >= 11 is 0. The lowest BCUT2D eigenvalue weighted by Crippen LogP contribution is -2.32. The van der Waals surface area contributed by atoms with Gasteiger partial charge in [0.15, 0.2) is 18.1 Å². The van der Waals surface area contributed by atoms with Crippen LogP contribution in [-0.4, -0.2) is 59.6 Å². The van der Waals surface area contributed by atoms with Gasteiger partial charge < -0.3 is 33.7 Å². The summed E-state index contributed by atoms with van der Waals surface area (Å²) in [7, 11) is 4.29. The quantitative estimate of drug-likeness (QED) is 0.402. The fraction of sp³-hybridized carbons (Fsp3) is 0.364. The molecular formula is C22H27NO8. The molecule has 2 aromatic carbocycles. The Kier molecular flexibility index (Phi) is 9.28. The molecule has 0 bridgehead atoms. The smallest absolute Gasteiger partial charge is 0.342 e. The first-order valence-corrected chi connectivity index (χ1v) is 9.62. The number of carbonyl (C=O) groups is 2. The first kappa shape index (κ1) is 23.7. The number of nitrogens with one attached hydrogen (secondary N) is 1. The topological polar surface area (TPSA) is 102 Å². The van der Waals surface area contributed by atoms with Crippen molar-refractivity contribution in [1.29, 1.82) is 0 Å². The SMILES string of the molecule is CCOc1ccc(OCCNC(=O)COC(=O)c2ccc(OC)c(OC)c2OC)cc1. The zero-order valence-corrected chi connectivity index (χ0v) is 18.1. The van der Waals surface area contributed by atoms with Crippen LogP contribution in [0, 0.1) is 0 Å². The Bertz CT molecular complexity index is 867. The van der Waals surface area contributed by atoms with Gasteiger partial charge in [0.1, 0.15) is 23.7 Å². The van der Waals surface area contributed by atoms with Gasteiger partial charge in [0.25, 0.3) is 5.91 Å². The lowest BCUT2D eigenvalue weighted by molar-refractivity contribution is -0.124. The van der Waals surface area contributed by atoms with Crippen molar-refractivity contribution in [1.82, 2.24) is 5.32 Å². The minimum atomic E-state index is -0.724. The van der Waals surface area contributed by atoms with Crippen molar-refractivity contribution in [2.75, 3.05) is 47.7 Å². The third kappa shape index (κ3) is 6.70. The van der Waals surface area contributed by atoms with Gasteiger partial charge in [0.2, 0.25) is 5.75 Å². The molecular weight excluding hydrogens is 406 g/mol. The molecule has 0 saturated carbocycles. The fourth-order valence-electron chi connectivity index (χ4n) is 2.68. The minimum Gasteiger partial charge on any atom is -0.494 e. The highest BCUT2D eigenvalue weighted by Crippen LogP contribution is 2.39. The molecule has 0 fully saturated rings. The summed E-state index contributed by atoms with van der Waals surface area (Å²) in [5.41, 5.74) is 0.117. The third-order valence-corrected chi connectivity index (χ3v) is 4.09. The van der Waals surface area contributed by atoms with Crippen molar-refractivity contribution in [3.05, 3.63) is 42.0 Å². The second kappa shape index (κ2) is 12.2. The number of hydrogen-bond donors (Lipinski definition) is 1. The molecule has 0 aliphatic rings. The summed E-state index contributed by atoms with van der Waals surface area (Å²) < 4.78 is 31.6. The van der Waals surface area contributed by atoms with Crippen LogP contribution < -0.4 is 29.0 Å². The number of rotatable bonds is 12. The van der Waals surface area contributed by atoms with E-state index in [0.29, 0.717) is 18.1 Å². The highest BCUT2D eigenvalue weighted by Gasteiger charge is 2.22. The van der Waals surface area contributed by atoms with E-state index in [4.69, 9.17) is 28.4 Å². The van der Waals surface area contributed by atoms with Crippen molar-refractivity contribution in [3.8, 4) is 28.7 Å². The average molecular weight is 433 g/mol. The van der Waals surface area contributed by atoms with Gasteiger partial charge in [-0.05, 0) is 43.3 Å². The molecule has 168 valence electrons. The van der Waals surface area contributed by atoms with Gasteiger partial charge in [-0.2, -0.15) is 0 Å². The van der Waals surface area contributed by atoms with E-state index in [1.165, 1.54) is 27.4 Å². The lowest BCUT2D eigenvalue weighted by Gasteiger charge is -2.15. The second-order valence-electron chi connectivity index (χ2n) is 6.06. The maximum Gasteiger partial charge on any atom is 0.342 e. The number of methoxy groups -OCH3 is 3.